The standard InChI is InChI=1S/C10H10.2C8H8/c1-3-9-7-5-6-8-10(9)4-2;2*1-2-8-6-4-3-5-7-8/h3-8H,1-2H2;2*2-7H,1H2. The van der Waals surface area contributed by atoms with E-state index >= 15 is 0 Å². The van der Waals surface area contributed by atoms with E-state index in [0.29, 0.717) is 0 Å². The molecule has 0 unspecified atom stereocenters. The maximum absolute atomic E-state index is 3.69. The molecule has 0 heterocycles. The Bertz CT molecular complexity index is 725. The van der Waals surface area contributed by atoms with Gasteiger partial charge in [-0.25, -0.2) is 0 Å². The Morgan fingerprint density at radius 2 is 0.692 bits per heavy atom. The van der Waals surface area contributed by atoms with E-state index in [2.05, 4.69) is 26.3 Å². The lowest BCUT2D eigenvalue weighted by atomic mass is 10.1. The minimum atomic E-state index is 1.14. The van der Waals surface area contributed by atoms with Crippen molar-refractivity contribution >= 4 is 24.3 Å². The van der Waals surface area contributed by atoms with Crippen LogP contribution >= 0.6 is 0 Å². The van der Waals surface area contributed by atoms with Gasteiger partial charge in [-0.3, -0.25) is 0 Å². The van der Waals surface area contributed by atoms with E-state index in [4.69, 9.17) is 0 Å². The maximum Gasteiger partial charge on any atom is -0.0190 e. The molecule has 0 bridgehead atoms. The summed E-state index contributed by atoms with van der Waals surface area (Å²) in [6.07, 6.45) is 7.33. The molecule has 0 N–H and O–H groups in total. The molecule has 130 valence electrons. The highest BCUT2D eigenvalue weighted by molar-refractivity contribution is 5.63. The summed E-state index contributed by atoms with van der Waals surface area (Å²) in [6.45, 7) is 14.6. The van der Waals surface area contributed by atoms with Crippen LogP contribution in [-0.4, -0.2) is 0 Å². The van der Waals surface area contributed by atoms with Crippen LogP contribution in [0.4, 0.5) is 0 Å². The first-order valence-corrected chi connectivity index (χ1v) is 8.44. The van der Waals surface area contributed by atoms with Crippen molar-refractivity contribution in [1.29, 1.82) is 0 Å². The normalized spacial score (nSPS) is 8.62. The monoisotopic (exact) mass is 338 g/mol. The SMILES string of the molecule is C=Cc1ccccc1.C=Cc1ccccc1.C=Cc1ccccc1C=C. The average molecular weight is 338 g/mol. The predicted octanol–water partition coefficient (Wildman–Crippen LogP) is 7.63. The van der Waals surface area contributed by atoms with Gasteiger partial charge in [-0.15, -0.1) is 0 Å². The van der Waals surface area contributed by atoms with Crippen molar-refractivity contribution < 1.29 is 0 Å². The molecule has 0 aliphatic carbocycles. The Kier molecular flexibility index (Phi) is 10.3. The maximum atomic E-state index is 3.69. The molecule has 0 aliphatic heterocycles. The quantitative estimate of drug-likeness (QED) is 0.458. The van der Waals surface area contributed by atoms with Gasteiger partial charge in [0.1, 0.15) is 0 Å². The van der Waals surface area contributed by atoms with Crippen molar-refractivity contribution in [3.63, 3.8) is 0 Å². The fourth-order valence-corrected chi connectivity index (χ4v) is 2.06. The van der Waals surface area contributed by atoms with E-state index in [1.807, 2.05) is 109 Å². The van der Waals surface area contributed by atoms with Crippen LogP contribution in [-0.2, 0) is 0 Å². The fourth-order valence-electron chi connectivity index (χ4n) is 2.06. The Labute approximate surface area is 158 Å². The van der Waals surface area contributed by atoms with E-state index in [-0.39, 0.29) is 0 Å². The lowest BCUT2D eigenvalue weighted by Gasteiger charge is -1.96. The lowest BCUT2D eigenvalue weighted by Crippen LogP contribution is -1.76. The molecule has 0 aromatic heterocycles. The summed E-state index contributed by atoms with van der Waals surface area (Å²) in [5.74, 6) is 0. The molecule has 26 heavy (non-hydrogen) atoms. The van der Waals surface area contributed by atoms with Gasteiger partial charge < -0.3 is 0 Å². The summed E-state index contributed by atoms with van der Waals surface area (Å²) in [7, 11) is 0. The van der Waals surface area contributed by atoms with Crippen LogP contribution in [0.2, 0.25) is 0 Å². The van der Waals surface area contributed by atoms with Crippen molar-refractivity contribution in [1.82, 2.24) is 0 Å². The van der Waals surface area contributed by atoms with Gasteiger partial charge in [-0.1, -0.05) is 136 Å². The van der Waals surface area contributed by atoms with Gasteiger partial charge >= 0.3 is 0 Å². The van der Waals surface area contributed by atoms with Crippen LogP contribution in [0.5, 0.6) is 0 Å². The minimum absolute atomic E-state index is 1.14. The molecule has 0 aliphatic rings. The third kappa shape index (κ3) is 7.94. The smallest absolute Gasteiger partial charge is 0.0190 e. The lowest BCUT2D eigenvalue weighted by molar-refractivity contribution is 1.62. The Morgan fingerprint density at radius 3 is 0.923 bits per heavy atom. The zero-order valence-electron chi connectivity index (χ0n) is 15.2. The first-order valence-electron chi connectivity index (χ1n) is 8.44. The molecule has 3 aromatic carbocycles. The van der Waals surface area contributed by atoms with Crippen LogP contribution in [0.3, 0.4) is 0 Å². The van der Waals surface area contributed by atoms with Crippen LogP contribution in [0, 0.1) is 0 Å². The first-order chi connectivity index (χ1) is 12.7. The van der Waals surface area contributed by atoms with E-state index in [1.54, 1.807) is 0 Å². The summed E-state index contributed by atoms with van der Waals surface area (Å²) >= 11 is 0. The van der Waals surface area contributed by atoms with Gasteiger partial charge in [0.05, 0.1) is 0 Å². The second-order valence-electron chi connectivity index (χ2n) is 5.27. The van der Waals surface area contributed by atoms with Crippen LogP contribution in [0.1, 0.15) is 22.3 Å². The molecule has 0 spiro atoms. The molecule has 0 heteroatoms. The van der Waals surface area contributed by atoms with E-state index < -0.39 is 0 Å². The summed E-state index contributed by atoms with van der Waals surface area (Å²) < 4.78 is 0. The molecule has 0 amide bonds. The van der Waals surface area contributed by atoms with Crippen molar-refractivity contribution in [2.75, 3.05) is 0 Å². The third-order valence-electron chi connectivity index (χ3n) is 3.51. The van der Waals surface area contributed by atoms with Gasteiger partial charge in [0.2, 0.25) is 0 Å². The van der Waals surface area contributed by atoms with Crippen LogP contribution in [0.25, 0.3) is 24.3 Å². The van der Waals surface area contributed by atoms with Crippen LogP contribution < -0.4 is 0 Å². The van der Waals surface area contributed by atoms with Crippen molar-refractivity contribution in [3.05, 3.63) is 133 Å². The number of hydrogen-bond acceptors (Lipinski definition) is 0. The van der Waals surface area contributed by atoms with E-state index in [0.717, 1.165) is 11.1 Å². The summed E-state index contributed by atoms with van der Waals surface area (Å²) in [5, 5.41) is 0. The van der Waals surface area contributed by atoms with Gasteiger partial charge in [0.15, 0.2) is 0 Å². The first kappa shape index (κ1) is 20.7. The van der Waals surface area contributed by atoms with E-state index in [1.165, 1.54) is 11.1 Å². The molecule has 0 saturated heterocycles. The largest absolute Gasteiger partial charge is 0.0985 e. The highest BCUT2D eigenvalue weighted by Crippen LogP contribution is 2.10. The predicted molar refractivity (Wildman–Crippen MR) is 120 cm³/mol. The molecule has 0 fully saturated rings. The highest BCUT2D eigenvalue weighted by atomic mass is 13.9. The molecule has 3 aromatic rings. The van der Waals surface area contributed by atoms with Crippen molar-refractivity contribution in [3.8, 4) is 0 Å². The summed E-state index contributed by atoms with van der Waals surface area (Å²) in [4.78, 5) is 0. The Morgan fingerprint density at radius 1 is 0.385 bits per heavy atom. The Balaban J connectivity index is 0.000000197. The zero-order chi connectivity index (χ0) is 19.0. The Hall–Kier alpha value is -3.38. The second kappa shape index (κ2) is 13.0. The molecule has 0 saturated carbocycles. The van der Waals surface area contributed by atoms with Crippen LogP contribution in [0.15, 0.2) is 111 Å². The second-order valence-corrected chi connectivity index (χ2v) is 5.27. The average Bonchev–Trinajstić information content (AvgIpc) is 2.75. The number of benzene rings is 3. The molecule has 3 rings (SSSR count). The van der Waals surface area contributed by atoms with Gasteiger partial charge in [-0.2, -0.15) is 0 Å². The third-order valence-corrected chi connectivity index (χ3v) is 3.51. The molecule has 0 atom stereocenters. The fraction of sp³-hybridized carbons (Fsp3) is 0. The zero-order valence-corrected chi connectivity index (χ0v) is 15.2. The van der Waals surface area contributed by atoms with Crippen molar-refractivity contribution in [2.24, 2.45) is 0 Å². The van der Waals surface area contributed by atoms with Gasteiger partial charge in [0.25, 0.3) is 0 Å². The summed E-state index contributed by atoms with van der Waals surface area (Å²) in [5.41, 5.74) is 4.62. The molecule has 0 radical (unpaired) electrons. The highest BCUT2D eigenvalue weighted by Gasteiger charge is 1.89. The molecular weight excluding hydrogens is 312 g/mol. The van der Waals surface area contributed by atoms with Gasteiger partial charge in [0, 0.05) is 0 Å². The van der Waals surface area contributed by atoms with Crippen molar-refractivity contribution in [2.45, 2.75) is 0 Å². The topological polar surface area (TPSA) is 0 Å². The number of rotatable bonds is 4. The number of hydrogen-bond donors (Lipinski definition) is 0. The van der Waals surface area contributed by atoms with E-state index in [9.17, 15) is 0 Å². The minimum Gasteiger partial charge on any atom is -0.0985 e. The molecular formula is C26H26. The van der Waals surface area contributed by atoms with Gasteiger partial charge in [-0.05, 0) is 22.3 Å². The summed E-state index contributed by atoms with van der Waals surface area (Å²) in [6, 6.07) is 28.1. The molecule has 0 nitrogen and oxygen atoms in total.